The highest BCUT2D eigenvalue weighted by atomic mass is 16.5. The summed E-state index contributed by atoms with van der Waals surface area (Å²) in [5.41, 5.74) is 7.88. The summed E-state index contributed by atoms with van der Waals surface area (Å²) in [6, 6.07) is 7.50. The van der Waals surface area contributed by atoms with Gasteiger partial charge in [0, 0.05) is 37.6 Å². The van der Waals surface area contributed by atoms with Crippen LogP contribution in [0.5, 0.6) is 11.5 Å². The van der Waals surface area contributed by atoms with Gasteiger partial charge in [-0.05, 0) is 18.2 Å². The van der Waals surface area contributed by atoms with E-state index in [1.54, 1.807) is 26.4 Å². The largest absolute Gasteiger partial charge is 0.493 e. The monoisotopic (exact) mass is 381 g/mol. The van der Waals surface area contributed by atoms with Crippen LogP contribution in [0, 0.1) is 0 Å². The third-order valence-corrected chi connectivity index (χ3v) is 4.70. The molecule has 0 bridgehead atoms. The predicted molar refractivity (Wildman–Crippen MR) is 110 cm³/mol. The standard InChI is InChI=1S/C19H23N7O2/c1-27-15-9-13-14(10-16(15)28-2)23-19(25-18(13)20)24-17-4-3-12(11-22-17)26-7-5-21-6-8-26/h3-4,9-11,21H,5-8H2,1-2H3,(H3,20,22,23,24,25). The minimum Gasteiger partial charge on any atom is -0.493 e. The fraction of sp³-hybridized carbons (Fsp3) is 0.316. The van der Waals surface area contributed by atoms with Crippen molar-refractivity contribution in [1.82, 2.24) is 20.3 Å². The summed E-state index contributed by atoms with van der Waals surface area (Å²) < 4.78 is 10.7. The molecule has 1 saturated heterocycles. The fourth-order valence-corrected chi connectivity index (χ4v) is 3.22. The van der Waals surface area contributed by atoms with Gasteiger partial charge in [-0.25, -0.2) is 9.97 Å². The van der Waals surface area contributed by atoms with E-state index in [1.807, 2.05) is 18.3 Å². The van der Waals surface area contributed by atoms with Crippen LogP contribution in [-0.2, 0) is 0 Å². The van der Waals surface area contributed by atoms with E-state index in [1.165, 1.54) is 0 Å². The van der Waals surface area contributed by atoms with Gasteiger partial charge >= 0.3 is 0 Å². The molecule has 9 heteroatoms. The number of fused-ring (bicyclic) bond motifs is 1. The number of nitrogens with one attached hydrogen (secondary N) is 2. The molecule has 3 aromatic rings. The first-order chi connectivity index (χ1) is 13.7. The second kappa shape index (κ2) is 7.73. The minimum absolute atomic E-state index is 0.353. The van der Waals surface area contributed by atoms with E-state index in [-0.39, 0.29) is 0 Å². The van der Waals surface area contributed by atoms with Gasteiger partial charge in [0.15, 0.2) is 11.5 Å². The summed E-state index contributed by atoms with van der Waals surface area (Å²) in [4.78, 5) is 15.7. The topological polar surface area (TPSA) is 110 Å². The van der Waals surface area contributed by atoms with E-state index in [0.717, 1.165) is 31.9 Å². The Hall–Kier alpha value is -3.33. The van der Waals surface area contributed by atoms with E-state index in [2.05, 4.69) is 30.5 Å². The molecule has 0 aliphatic carbocycles. The maximum Gasteiger partial charge on any atom is 0.230 e. The predicted octanol–water partition coefficient (Wildman–Crippen LogP) is 1.78. The Morgan fingerprint density at radius 2 is 1.82 bits per heavy atom. The van der Waals surface area contributed by atoms with E-state index in [0.29, 0.717) is 40.0 Å². The number of methoxy groups -OCH3 is 2. The Balaban J connectivity index is 1.58. The second-order valence-corrected chi connectivity index (χ2v) is 6.42. The Bertz CT molecular complexity index is 972. The van der Waals surface area contributed by atoms with Crippen LogP contribution in [0.3, 0.4) is 0 Å². The smallest absolute Gasteiger partial charge is 0.230 e. The molecule has 0 atom stereocenters. The average Bonchev–Trinajstić information content (AvgIpc) is 2.74. The molecule has 4 rings (SSSR count). The van der Waals surface area contributed by atoms with Crippen LogP contribution in [0.25, 0.3) is 10.9 Å². The number of nitrogen functional groups attached to an aromatic ring is 1. The zero-order chi connectivity index (χ0) is 19.5. The number of aromatic nitrogens is 3. The molecule has 1 fully saturated rings. The van der Waals surface area contributed by atoms with Crippen molar-refractivity contribution in [3.8, 4) is 11.5 Å². The maximum atomic E-state index is 6.13. The molecule has 1 aliphatic rings. The van der Waals surface area contributed by atoms with Crippen LogP contribution in [0.2, 0.25) is 0 Å². The lowest BCUT2D eigenvalue weighted by Gasteiger charge is -2.29. The highest BCUT2D eigenvalue weighted by Gasteiger charge is 2.13. The van der Waals surface area contributed by atoms with E-state index < -0.39 is 0 Å². The zero-order valence-electron chi connectivity index (χ0n) is 15.9. The van der Waals surface area contributed by atoms with Crippen molar-refractivity contribution in [2.45, 2.75) is 0 Å². The van der Waals surface area contributed by atoms with Crippen LogP contribution in [0.1, 0.15) is 0 Å². The molecule has 0 amide bonds. The number of benzene rings is 1. The van der Waals surface area contributed by atoms with Crippen molar-refractivity contribution in [3.05, 3.63) is 30.5 Å². The summed E-state index contributed by atoms with van der Waals surface area (Å²) in [5, 5.41) is 7.16. The molecule has 146 valence electrons. The fourth-order valence-electron chi connectivity index (χ4n) is 3.22. The molecule has 4 N–H and O–H groups in total. The number of anilines is 4. The van der Waals surface area contributed by atoms with E-state index in [4.69, 9.17) is 15.2 Å². The van der Waals surface area contributed by atoms with Crippen molar-refractivity contribution >= 4 is 34.2 Å². The third kappa shape index (κ3) is 3.56. The van der Waals surface area contributed by atoms with Crippen molar-refractivity contribution in [2.75, 3.05) is 56.3 Å². The number of nitrogens with two attached hydrogens (primary N) is 1. The Morgan fingerprint density at radius 1 is 1.07 bits per heavy atom. The van der Waals surface area contributed by atoms with Crippen molar-refractivity contribution in [3.63, 3.8) is 0 Å². The molecule has 1 aromatic carbocycles. The lowest BCUT2D eigenvalue weighted by atomic mass is 10.2. The Kier molecular flexibility index (Phi) is 4.98. The highest BCUT2D eigenvalue weighted by molar-refractivity contribution is 5.91. The first kappa shape index (κ1) is 18.1. The molecule has 2 aromatic heterocycles. The van der Waals surface area contributed by atoms with Crippen molar-refractivity contribution < 1.29 is 9.47 Å². The second-order valence-electron chi connectivity index (χ2n) is 6.42. The van der Waals surface area contributed by atoms with E-state index >= 15 is 0 Å². The van der Waals surface area contributed by atoms with Crippen molar-refractivity contribution in [2.24, 2.45) is 0 Å². The number of rotatable bonds is 5. The van der Waals surface area contributed by atoms with Gasteiger partial charge < -0.3 is 30.7 Å². The first-order valence-corrected chi connectivity index (χ1v) is 9.06. The van der Waals surface area contributed by atoms with Gasteiger partial charge in [0.25, 0.3) is 0 Å². The summed E-state index contributed by atoms with van der Waals surface area (Å²) >= 11 is 0. The van der Waals surface area contributed by atoms with E-state index in [9.17, 15) is 0 Å². The molecular formula is C19H23N7O2. The lowest BCUT2D eigenvalue weighted by Crippen LogP contribution is -2.43. The van der Waals surface area contributed by atoms with Crippen LogP contribution in [-0.4, -0.2) is 55.4 Å². The molecule has 0 spiro atoms. The van der Waals surface area contributed by atoms with Crippen LogP contribution >= 0.6 is 0 Å². The zero-order valence-corrected chi connectivity index (χ0v) is 15.9. The SMILES string of the molecule is COc1cc2nc(Nc3ccc(N4CCNCC4)cn3)nc(N)c2cc1OC. The molecule has 28 heavy (non-hydrogen) atoms. The van der Waals surface area contributed by atoms with Gasteiger partial charge in [-0.3, -0.25) is 0 Å². The number of nitrogens with zero attached hydrogens (tertiary/aromatic N) is 4. The van der Waals surface area contributed by atoms with Gasteiger partial charge in [-0.15, -0.1) is 0 Å². The van der Waals surface area contributed by atoms with Crippen LogP contribution < -0.4 is 30.7 Å². The van der Waals surface area contributed by atoms with Crippen LogP contribution in [0.4, 0.5) is 23.3 Å². The normalized spacial score (nSPS) is 14.1. The molecule has 1 aliphatic heterocycles. The highest BCUT2D eigenvalue weighted by Crippen LogP contribution is 2.33. The Labute approximate surface area is 162 Å². The molecule has 0 saturated carbocycles. The summed E-state index contributed by atoms with van der Waals surface area (Å²) in [6.07, 6.45) is 1.85. The average molecular weight is 381 g/mol. The first-order valence-electron chi connectivity index (χ1n) is 9.06. The molecule has 9 nitrogen and oxygen atoms in total. The van der Waals surface area contributed by atoms with Gasteiger partial charge in [0.2, 0.25) is 5.95 Å². The Morgan fingerprint density at radius 3 is 2.50 bits per heavy atom. The van der Waals surface area contributed by atoms with Gasteiger partial charge in [-0.1, -0.05) is 0 Å². The molecule has 0 radical (unpaired) electrons. The molecule has 3 heterocycles. The minimum atomic E-state index is 0.353. The quantitative estimate of drug-likeness (QED) is 0.609. The number of hydrogen-bond acceptors (Lipinski definition) is 9. The third-order valence-electron chi connectivity index (χ3n) is 4.70. The summed E-state index contributed by atoms with van der Waals surface area (Å²) in [6.45, 7) is 3.92. The molecule has 0 unspecified atom stereocenters. The maximum absolute atomic E-state index is 6.13. The number of pyridine rings is 1. The van der Waals surface area contributed by atoms with Gasteiger partial charge in [0.05, 0.1) is 31.6 Å². The lowest BCUT2D eigenvalue weighted by molar-refractivity contribution is 0.356. The van der Waals surface area contributed by atoms with Crippen LogP contribution in [0.15, 0.2) is 30.5 Å². The number of piperazine rings is 1. The number of ether oxygens (including phenoxy) is 2. The van der Waals surface area contributed by atoms with Gasteiger partial charge in [-0.2, -0.15) is 4.98 Å². The number of hydrogen-bond donors (Lipinski definition) is 3. The van der Waals surface area contributed by atoms with Crippen molar-refractivity contribution in [1.29, 1.82) is 0 Å². The summed E-state index contributed by atoms with van der Waals surface area (Å²) in [5.74, 6) is 2.54. The summed E-state index contributed by atoms with van der Waals surface area (Å²) in [7, 11) is 3.16. The van der Waals surface area contributed by atoms with Gasteiger partial charge in [0.1, 0.15) is 11.6 Å². The molecular weight excluding hydrogens is 358 g/mol.